The van der Waals surface area contributed by atoms with E-state index in [2.05, 4.69) is 10.4 Å². The Labute approximate surface area is 122 Å². The number of hydrogen-bond donors (Lipinski definition) is 1. The van der Waals surface area contributed by atoms with E-state index in [1.807, 2.05) is 29.1 Å². The lowest BCUT2D eigenvalue weighted by molar-refractivity contribution is 0.478. The summed E-state index contributed by atoms with van der Waals surface area (Å²) in [6.45, 7) is 2.29. The van der Waals surface area contributed by atoms with Crippen LogP contribution >= 0.6 is 0 Å². The van der Waals surface area contributed by atoms with E-state index in [1.165, 1.54) is 12.1 Å². The van der Waals surface area contributed by atoms with Crippen LogP contribution in [0.1, 0.15) is 5.76 Å². The molecule has 5 heteroatoms. The third-order valence-electron chi connectivity index (χ3n) is 3.17. The van der Waals surface area contributed by atoms with Gasteiger partial charge in [0.1, 0.15) is 17.3 Å². The Balaban J connectivity index is 1.52. The van der Waals surface area contributed by atoms with Crippen molar-refractivity contribution in [3.05, 3.63) is 66.4 Å². The lowest BCUT2D eigenvalue weighted by Gasteiger charge is -2.03. The molecule has 0 aliphatic rings. The smallest absolute Gasteiger partial charge is 0.134 e. The predicted octanol–water partition coefficient (Wildman–Crippen LogP) is 3.07. The van der Waals surface area contributed by atoms with Crippen molar-refractivity contribution < 1.29 is 8.81 Å². The van der Waals surface area contributed by atoms with E-state index in [-0.39, 0.29) is 5.82 Å². The Morgan fingerprint density at radius 3 is 2.76 bits per heavy atom. The van der Waals surface area contributed by atoms with Crippen molar-refractivity contribution in [1.29, 1.82) is 0 Å². The maximum atomic E-state index is 12.9. The van der Waals surface area contributed by atoms with E-state index in [0.29, 0.717) is 6.54 Å². The first-order chi connectivity index (χ1) is 10.3. The number of nitrogens with zero attached hydrogens (tertiary/aromatic N) is 2. The monoisotopic (exact) mass is 285 g/mol. The average Bonchev–Trinajstić information content (AvgIpc) is 3.16. The zero-order valence-corrected chi connectivity index (χ0v) is 11.5. The van der Waals surface area contributed by atoms with E-state index < -0.39 is 0 Å². The molecule has 0 fully saturated rings. The zero-order valence-electron chi connectivity index (χ0n) is 11.5. The van der Waals surface area contributed by atoms with Gasteiger partial charge in [0.05, 0.1) is 13.1 Å². The molecule has 0 aliphatic carbocycles. The maximum absolute atomic E-state index is 12.9. The molecule has 108 valence electrons. The number of furan rings is 1. The molecule has 0 aliphatic heterocycles. The van der Waals surface area contributed by atoms with Gasteiger partial charge in [-0.25, -0.2) is 4.39 Å². The van der Waals surface area contributed by atoms with Crippen LogP contribution in [0, 0.1) is 5.82 Å². The summed E-state index contributed by atoms with van der Waals surface area (Å²) in [5.41, 5.74) is 0.874. The van der Waals surface area contributed by atoms with Gasteiger partial charge in [0.25, 0.3) is 0 Å². The highest BCUT2D eigenvalue weighted by atomic mass is 19.1. The standard InChI is InChI=1S/C16H16FN3O/c17-14-4-2-13(3-5-14)16-7-6-15(21-16)12-18-9-11-20-10-1-8-19-20/h1-8,10,18H,9,11-12H2. The van der Waals surface area contributed by atoms with Gasteiger partial charge >= 0.3 is 0 Å². The van der Waals surface area contributed by atoms with Gasteiger partial charge in [-0.3, -0.25) is 4.68 Å². The highest BCUT2D eigenvalue weighted by Gasteiger charge is 2.04. The van der Waals surface area contributed by atoms with Crippen LogP contribution in [0.2, 0.25) is 0 Å². The van der Waals surface area contributed by atoms with Gasteiger partial charge in [0.2, 0.25) is 0 Å². The molecule has 3 aromatic rings. The Hall–Kier alpha value is -2.40. The van der Waals surface area contributed by atoms with Gasteiger partial charge in [-0.1, -0.05) is 0 Å². The number of nitrogens with one attached hydrogen (secondary N) is 1. The maximum Gasteiger partial charge on any atom is 0.134 e. The Morgan fingerprint density at radius 1 is 1.14 bits per heavy atom. The van der Waals surface area contributed by atoms with Crippen molar-refractivity contribution >= 4 is 0 Å². The quantitative estimate of drug-likeness (QED) is 0.708. The second-order valence-corrected chi connectivity index (χ2v) is 4.72. The van der Waals surface area contributed by atoms with E-state index in [1.54, 1.807) is 18.3 Å². The van der Waals surface area contributed by atoms with Gasteiger partial charge in [0.15, 0.2) is 0 Å². The van der Waals surface area contributed by atoms with Crippen molar-refractivity contribution in [2.75, 3.05) is 6.54 Å². The summed E-state index contributed by atoms with van der Waals surface area (Å²) in [6, 6.07) is 12.0. The van der Waals surface area contributed by atoms with Gasteiger partial charge < -0.3 is 9.73 Å². The Kier molecular flexibility index (Phi) is 4.12. The van der Waals surface area contributed by atoms with E-state index in [4.69, 9.17) is 4.42 Å². The molecule has 0 unspecified atom stereocenters. The first kappa shape index (κ1) is 13.6. The van der Waals surface area contributed by atoms with Crippen molar-refractivity contribution in [2.24, 2.45) is 0 Å². The Bertz CT molecular complexity index is 674. The van der Waals surface area contributed by atoms with Crippen LogP contribution in [-0.4, -0.2) is 16.3 Å². The number of hydrogen-bond acceptors (Lipinski definition) is 3. The molecule has 1 aromatic carbocycles. The topological polar surface area (TPSA) is 43.0 Å². The molecule has 0 amide bonds. The van der Waals surface area contributed by atoms with Gasteiger partial charge in [-0.15, -0.1) is 0 Å². The third-order valence-corrected chi connectivity index (χ3v) is 3.17. The van der Waals surface area contributed by atoms with E-state index in [9.17, 15) is 4.39 Å². The van der Waals surface area contributed by atoms with Crippen LogP contribution in [0.5, 0.6) is 0 Å². The van der Waals surface area contributed by atoms with Gasteiger partial charge in [0, 0.05) is 24.5 Å². The lowest BCUT2D eigenvalue weighted by atomic mass is 10.2. The molecule has 0 bridgehead atoms. The average molecular weight is 285 g/mol. The van der Waals surface area contributed by atoms with Crippen LogP contribution in [0.25, 0.3) is 11.3 Å². The molecule has 0 spiro atoms. The molecule has 4 nitrogen and oxygen atoms in total. The van der Waals surface area contributed by atoms with Crippen LogP contribution in [0.3, 0.4) is 0 Å². The fourth-order valence-electron chi connectivity index (χ4n) is 2.08. The molecule has 2 aromatic heterocycles. The first-order valence-corrected chi connectivity index (χ1v) is 6.84. The molecule has 1 N–H and O–H groups in total. The molecule has 0 atom stereocenters. The molecular formula is C16H16FN3O. The van der Waals surface area contributed by atoms with Crippen molar-refractivity contribution in [1.82, 2.24) is 15.1 Å². The summed E-state index contributed by atoms with van der Waals surface area (Å²) in [6.07, 6.45) is 3.70. The summed E-state index contributed by atoms with van der Waals surface area (Å²) in [5, 5.41) is 7.43. The minimum absolute atomic E-state index is 0.245. The third kappa shape index (κ3) is 3.58. The molecule has 3 rings (SSSR count). The normalized spacial score (nSPS) is 10.9. The summed E-state index contributed by atoms with van der Waals surface area (Å²) >= 11 is 0. The lowest BCUT2D eigenvalue weighted by Crippen LogP contribution is -2.19. The highest BCUT2D eigenvalue weighted by molar-refractivity contribution is 5.57. The van der Waals surface area contributed by atoms with Crippen LogP contribution < -0.4 is 5.32 Å². The molecule has 0 saturated heterocycles. The van der Waals surface area contributed by atoms with E-state index >= 15 is 0 Å². The summed E-state index contributed by atoms with van der Waals surface area (Å²) in [4.78, 5) is 0. The summed E-state index contributed by atoms with van der Waals surface area (Å²) in [7, 11) is 0. The largest absolute Gasteiger partial charge is 0.460 e. The highest BCUT2D eigenvalue weighted by Crippen LogP contribution is 2.22. The molecule has 0 radical (unpaired) electrons. The van der Waals surface area contributed by atoms with Gasteiger partial charge in [-0.05, 0) is 42.5 Å². The van der Waals surface area contributed by atoms with Crippen LogP contribution in [0.4, 0.5) is 4.39 Å². The van der Waals surface area contributed by atoms with Gasteiger partial charge in [-0.2, -0.15) is 5.10 Å². The fraction of sp³-hybridized carbons (Fsp3) is 0.188. The number of halogens is 1. The predicted molar refractivity (Wildman–Crippen MR) is 78.0 cm³/mol. The molecule has 21 heavy (non-hydrogen) atoms. The number of rotatable bonds is 6. The number of benzene rings is 1. The SMILES string of the molecule is Fc1ccc(-c2ccc(CNCCn3cccn3)o2)cc1. The zero-order chi connectivity index (χ0) is 14.5. The van der Waals surface area contributed by atoms with Crippen LogP contribution in [-0.2, 0) is 13.1 Å². The Morgan fingerprint density at radius 2 is 2.00 bits per heavy atom. The van der Waals surface area contributed by atoms with E-state index in [0.717, 1.165) is 30.2 Å². The molecular weight excluding hydrogens is 269 g/mol. The molecule has 0 saturated carbocycles. The van der Waals surface area contributed by atoms with Crippen molar-refractivity contribution in [2.45, 2.75) is 13.1 Å². The fourth-order valence-corrected chi connectivity index (χ4v) is 2.08. The van der Waals surface area contributed by atoms with Crippen molar-refractivity contribution in [3.8, 4) is 11.3 Å². The second kappa shape index (κ2) is 6.37. The molecule has 2 heterocycles. The summed E-state index contributed by atoms with van der Waals surface area (Å²) in [5.74, 6) is 1.36. The minimum Gasteiger partial charge on any atom is -0.460 e. The van der Waals surface area contributed by atoms with Crippen molar-refractivity contribution in [3.63, 3.8) is 0 Å². The first-order valence-electron chi connectivity index (χ1n) is 6.84. The minimum atomic E-state index is -0.245. The number of aromatic nitrogens is 2. The van der Waals surface area contributed by atoms with Crippen LogP contribution in [0.15, 0.2) is 59.3 Å². The second-order valence-electron chi connectivity index (χ2n) is 4.72. The summed E-state index contributed by atoms with van der Waals surface area (Å²) < 4.78 is 20.5.